The second kappa shape index (κ2) is 7.94. The fourth-order valence-electron chi connectivity index (χ4n) is 2.37. The molecule has 0 fully saturated rings. The van der Waals surface area contributed by atoms with Gasteiger partial charge in [-0.1, -0.05) is 42.5 Å². The minimum absolute atomic E-state index is 0.0703. The largest absolute Gasteiger partial charge is 0.507 e. The predicted octanol–water partition coefficient (Wildman–Crippen LogP) is 4.24. The highest BCUT2D eigenvalue weighted by Gasteiger charge is 2.13. The van der Waals surface area contributed by atoms with Crippen molar-refractivity contribution in [3.63, 3.8) is 0 Å². The number of phenolic OH excluding ortho intramolecular Hbond substituents is 1. The zero-order valence-corrected chi connectivity index (χ0v) is 13.8. The number of ketones is 1. The zero-order chi connectivity index (χ0) is 18.4. The van der Waals surface area contributed by atoms with E-state index in [1.54, 1.807) is 48.5 Å². The number of aromatic hydroxyl groups is 1. The molecule has 0 aliphatic rings. The Balaban J connectivity index is 1.66. The Kier molecular flexibility index (Phi) is 5.25. The van der Waals surface area contributed by atoms with Gasteiger partial charge in [-0.05, 0) is 48.0 Å². The summed E-state index contributed by atoms with van der Waals surface area (Å²) >= 11 is 0. The number of ether oxygens (including phenoxy) is 1. The number of rotatable bonds is 5. The fraction of sp³-hybridized carbons (Fsp3) is 0. The van der Waals surface area contributed by atoms with Gasteiger partial charge in [0.25, 0.3) is 0 Å². The normalized spacial score (nSPS) is 10.6. The summed E-state index contributed by atoms with van der Waals surface area (Å²) in [5, 5.41) is 9.77. The molecule has 26 heavy (non-hydrogen) atoms. The average molecular weight is 344 g/mol. The number of esters is 1. The summed E-state index contributed by atoms with van der Waals surface area (Å²) in [6, 6.07) is 22.0. The molecule has 3 aromatic rings. The zero-order valence-electron chi connectivity index (χ0n) is 13.8. The number of para-hydroxylation sites is 1. The van der Waals surface area contributed by atoms with Crippen LogP contribution in [0.15, 0.2) is 84.9 Å². The second-order valence-electron chi connectivity index (χ2n) is 5.54. The van der Waals surface area contributed by atoms with Gasteiger partial charge in [0.15, 0.2) is 5.78 Å². The maximum Gasteiger partial charge on any atom is 0.336 e. The lowest BCUT2D eigenvalue weighted by Crippen LogP contribution is -2.05. The molecule has 128 valence electrons. The van der Waals surface area contributed by atoms with Gasteiger partial charge in [0.2, 0.25) is 0 Å². The molecular weight excluding hydrogens is 328 g/mol. The van der Waals surface area contributed by atoms with Crippen LogP contribution < -0.4 is 4.74 Å². The third kappa shape index (κ3) is 4.24. The lowest BCUT2D eigenvalue weighted by atomic mass is 10.0. The van der Waals surface area contributed by atoms with Crippen LogP contribution in [0, 0.1) is 0 Å². The van der Waals surface area contributed by atoms with Crippen LogP contribution in [0.1, 0.15) is 21.5 Å². The first-order chi connectivity index (χ1) is 12.6. The van der Waals surface area contributed by atoms with Gasteiger partial charge in [-0.2, -0.15) is 0 Å². The van der Waals surface area contributed by atoms with Gasteiger partial charge < -0.3 is 9.84 Å². The Bertz CT molecular complexity index is 941. The first-order valence-electron chi connectivity index (χ1n) is 8.01. The maximum atomic E-state index is 12.4. The summed E-state index contributed by atoms with van der Waals surface area (Å²) in [6.07, 6.45) is 3.01. The molecule has 0 saturated heterocycles. The lowest BCUT2D eigenvalue weighted by Gasteiger charge is -2.05. The maximum absolute atomic E-state index is 12.4. The number of hydrogen-bond acceptors (Lipinski definition) is 4. The van der Waals surface area contributed by atoms with E-state index in [1.165, 1.54) is 12.1 Å². The summed E-state index contributed by atoms with van der Waals surface area (Å²) in [5.41, 5.74) is 1.52. The minimum atomic E-state index is -0.506. The molecule has 0 heterocycles. The van der Waals surface area contributed by atoms with Crippen molar-refractivity contribution in [2.24, 2.45) is 0 Å². The van der Waals surface area contributed by atoms with E-state index in [2.05, 4.69) is 0 Å². The van der Waals surface area contributed by atoms with Crippen molar-refractivity contribution < 1.29 is 19.4 Å². The SMILES string of the molecule is O=C(C=Cc1ccccc1)Oc1ccc(C(=O)c2ccccc2O)cc1. The van der Waals surface area contributed by atoms with E-state index in [9.17, 15) is 14.7 Å². The molecule has 0 bridgehead atoms. The van der Waals surface area contributed by atoms with Crippen LogP contribution in [0.2, 0.25) is 0 Å². The highest BCUT2D eigenvalue weighted by Crippen LogP contribution is 2.21. The third-order valence-corrected chi connectivity index (χ3v) is 3.70. The Labute approximate surface area is 151 Å². The lowest BCUT2D eigenvalue weighted by molar-refractivity contribution is -0.128. The van der Waals surface area contributed by atoms with Crippen molar-refractivity contribution in [1.29, 1.82) is 0 Å². The van der Waals surface area contributed by atoms with Crippen molar-refractivity contribution in [2.75, 3.05) is 0 Å². The Hall–Kier alpha value is -3.66. The molecule has 0 saturated carbocycles. The number of phenols is 1. The van der Waals surface area contributed by atoms with E-state index < -0.39 is 5.97 Å². The molecule has 0 aliphatic carbocycles. The number of hydrogen-bond donors (Lipinski definition) is 1. The summed E-state index contributed by atoms with van der Waals surface area (Å²) in [4.78, 5) is 24.2. The molecule has 0 radical (unpaired) electrons. The molecule has 4 heteroatoms. The molecule has 0 unspecified atom stereocenters. The van der Waals surface area contributed by atoms with Crippen LogP contribution in [0.3, 0.4) is 0 Å². The van der Waals surface area contributed by atoms with Crippen LogP contribution >= 0.6 is 0 Å². The summed E-state index contributed by atoms with van der Waals surface area (Å²) in [6.45, 7) is 0. The van der Waals surface area contributed by atoms with Crippen molar-refractivity contribution >= 4 is 17.8 Å². The minimum Gasteiger partial charge on any atom is -0.507 e. The van der Waals surface area contributed by atoms with Crippen molar-refractivity contribution in [2.45, 2.75) is 0 Å². The Morgan fingerprint density at radius 3 is 2.15 bits per heavy atom. The first kappa shape index (κ1) is 17.2. The van der Waals surface area contributed by atoms with Crippen LogP contribution in [-0.2, 0) is 4.79 Å². The molecule has 0 amide bonds. The Morgan fingerprint density at radius 2 is 1.46 bits per heavy atom. The fourth-order valence-corrected chi connectivity index (χ4v) is 2.37. The average Bonchev–Trinajstić information content (AvgIpc) is 2.68. The highest BCUT2D eigenvalue weighted by molar-refractivity contribution is 6.10. The van der Waals surface area contributed by atoms with Gasteiger partial charge in [0.05, 0.1) is 5.56 Å². The van der Waals surface area contributed by atoms with Gasteiger partial charge >= 0.3 is 5.97 Å². The van der Waals surface area contributed by atoms with Crippen LogP contribution in [0.5, 0.6) is 11.5 Å². The van der Waals surface area contributed by atoms with Gasteiger partial charge in [-0.25, -0.2) is 4.79 Å². The molecule has 3 aromatic carbocycles. The number of carbonyl (C=O) groups excluding carboxylic acids is 2. The van der Waals surface area contributed by atoms with Crippen LogP contribution in [-0.4, -0.2) is 16.9 Å². The predicted molar refractivity (Wildman–Crippen MR) is 99.1 cm³/mol. The van der Waals surface area contributed by atoms with Crippen LogP contribution in [0.4, 0.5) is 0 Å². The summed E-state index contributed by atoms with van der Waals surface area (Å²) in [7, 11) is 0. The van der Waals surface area contributed by atoms with Crippen LogP contribution in [0.25, 0.3) is 6.08 Å². The second-order valence-corrected chi connectivity index (χ2v) is 5.54. The highest BCUT2D eigenvalue weighted by atomic mass is 16.5. The molecule has 0 spiro atoms. The smallest absolute Gasteiger partial charge is 0.336 e. The van der Waals surface area contributed by atoms with E-state index in [4.69, 9.17) is 4.74 Å². The first-order valence-corrected chi connectivity index (χ1v) is 8.01. The monoisotopic (exact) mass is 344 g/mol. The molecule has 3 rings (SSSR count). The number of carbonyl (C=O) groups is 2. The standard InChI is InChI=1S/C22H16O4/c23-20-9-5-4-8-19(20)22(25)17-11-13-18(14-12-17)26-21(24)15-10-16-6-2-1-3-7-16/h1-15,23H. The molecule has 4 nitrogen and oxygen atoms in total. The van der Waals surface area contributed by atoms with Gasteiger partial charge in [0, 0.05) is 11.6 Å². The summed E-state index contributed by atoms with van der Waals surface area (Å²) in [5.74, 6) is -0.542. The van der Waals surface area contributed by atoms with E-state index in [0.29, 0.717) is 11.3 Å². The quantitative estimate of drug-likeness (QED) is 0.325. The van der Waals surface area contributed by atoms with Crippen molar-refractivity contribution in [1.82, 2.24) is 0 Å². The molecule has 0 aliphatic heterocycles. The van der Waals surface area contributed by atoms with E-state index >= 15 is 0 Å². The molecule has 1 N–H and O–H groups in total. The third-order valence-electron chi connectivity index (χ3n) is 3.70. The van der Waals surface area contributed by atoms with E-state index in [0.717, 1.165) is 5.56 Å². The van der Waals surface area contributed by atoms with Crippen molar-refractivity contribution in [3.05, 3.63) is 102 Å². The topological polar surface area (TPSA) is 63.6 Å². The summed E-state index contributed by atoms with van der Waals surface area (Å²) < 4.78 is 5.21. The molecule has 0 atom stereocenters. The van der Waals surface area contributed by atoms with E-state index in [-0.39, 0.29) is 17.1 Å². The number of benzene rings is 3. The van der Waals surface area contributed by atoms with E-state index in [1.807, 2.05) is 30.3 Å². The molecular formula is C22H16O4. The molecule has 0 aromatic heterocycles. The Morgan fingerprint density at radius 1 is 0.808 bits per heavy atom. The van der Waals surface area contributed by atoms with Crippen molar-refractivity contribution in [3.8, 4) is 11.5 Å². The van der Waals surface area contributed by atoms with Gasteiger partial charge in [-0.15, -0.1) is 0 Å². The van der Waals surface area contributed by atoms with Gasteiger partial charge in [0.1, 0.15) is 11.5 Å². The van der Waals surface area contributed by atoms with Gasteiger partial charge in [-0.3, -0.25) is 4.79 Å².